The lowest BCUT2D eigenvalue weighted by Crippen LogP contribution is -2.36. The van der Waals surface area contributed by atoms with Gasteiger partial charge < -0.3 is 5.32 Å². The molecule has 0 amide bonds. The molecule has 0 aliphatic carbocycles. The van der Waals surface area contributed by atoms with Crippen molar-refractivity contribution in [1.82, 2.24) is 19.8 Å². The Morgan fingerprint density at radius 2 is 2.10 bits per heavy atom. The first-order chi connectivity index (χ1) is 9.18. The van der Waals surface area contributed by atoms with E-state index in [9.17, 15) is 21.6 Å². The second kappa shape index (κ2) is 6.55. The topological polar surface area (TPSA) is 78.1 Å². The first-order valence-electron chi connectivity index (χ1n) is 5.94. The summed E-state index contributed by atoms with van der Waals surface area (Å²) in [6, 6.07) is 0. The first-order valence-corrected chi connectivity index (χ1v) is 7.38. The molecule has 2 N–H and O–H groups in total. The van der Waals surface area contributed by atoms with Crippen molar-refractivity contribution in [3.8, 4) is 0 Å². The lowest BCUT2D eigenvalue weighted by molar-refractivity contribution is -0.134. The van der Waals surface area contributed by atoms with Crippen LogP contribution in [0.3, 0.4) is 0 Å². The molecule has 1 aromatic heterocycles. The summed E-state index contributed by atoms with van der Waals surface area (Å²) in [5.41, 5.74) is 0.312. The zero-order valence-electron chi connectivity index (χ0n) is 11.2. The maximum Gasteiger partial charge on any atom is 0.402 e. The van der Waals surface area contributed by atoms with Gasteiger partial charge in [0, 0.05) is 19.2 Å². The van der Waals surface area contributed by atoms with Crippen molar-refractivity contribution < 1.29 is 21.6 Å². The summed E-state index contributed by atoms with van der Waals surface area (Å²) in [5, 5.41) is 8.51. The van der Waals surface area contributed by atoms with E-state index in [0.29, 0.717) is 12.1 Å². The number of rotatable bonds is 7. The Morgan fingerprint density at radius 1 is 1.45 bits per heavy atom. The van der Waals surface area contributed by atoms with E-state index in [1.165, 1.54) is 6.20 Å². The molecule has 0 bridgehead atoms. The van der Waals surface area contributed by atoms with Crippen LogP contribution in [0.15, 0.2) is 11.2 Å². The molecule has 10 heteroatoms. The second-order valence-electron chi connectivity index (χ2n) is 4.28. The Labute approximate surface area is 115 Å². The van der Waals surface area contributed by atoms with Crippen LogP contribution in [0.5, 0.6) is 0 Å². The minimum Gasteiger partial charge on any atom is -0.313 e. The van der Waals surface area contributed by atoms with Crippen LogP contribution in [0.4, 0.5) is 13.2 Å². The number of halogens is 3. The van der Waals surface area contributed by atoms with Gasteiger partial charge in [0.15, 0.2) is 5.03 Å². The molecule has 0 spiro atoms. The van der Waals surface area contributed by atoms with Crippen LogP contribution in [-0.2, 0) is 16.6 Å². The summed E-state index contributed by atoms with van der Waals surface area (Å²) in [6.07, 6.45) is -2.45. The van der Waals surface area contributed by atoms with Gasteiger partial charge in [0.2, 0.25) is 0 Å². The lowest BCUT2D eigenvalue weighted by Gasteiger charge is -2.18. The Kier molecular flexibility index (Phi) is 5.54. The zero-order chi connectivity index (χ0) is 15.4. The molecule has 20 heavy (non-hydrogen) atoms. The van der Waals surface area contributed by atoms with E-state index in [2.05, 4.69) is 15.5 Å². The summed E-state index contributed by atoms with van der Waals surface area (Å²) in [5.74, 6) is 0. The molecular formula is C10H17F3N4O2S. The highest BCUT2D eigenvalue weighted by Crippen LogP contribution is 2.22. The molecule has 0 radical (unpaired) electrons. The summed E-state index contributed by atoms with van der Waals surface area (Å²) in [4.78, 5) is 0. The highest BCUT2D eigenvalue weighted by Gasteiger charge is 2.36. The second-order valence-corrected chi connectivity index (χ2v) is 6.26. The molecule has 1 rings (SSSR count). The third-order valence-corrected chi connectivity index (χ3v) is 4.31. The number of H-pyrrole nitrogens is 1. The monoisotopic (exact) mass is 314 g/mol. The van der Waals surface area contributed by atoms with Gasteiger partial charge in [-0.25, -0.2) is 8.42 Å². The van der Waals surface area contributed by atoms with E-state index in [1.54, 1.807) is 0 Å². The van der Waals surface area contributed by atoms with Crippen molar-refractivity contribution in [2.45, 2.75) is 31.1 Å². The Bertz CT molecular complexity index is 527. The maximum atomic E-state index is 12.3. The lowest BCUT2D eigenvalue weighted by atomic mass is 10.3. The van der Waals surface area contributed by atoms with E-state index >= 15 is 0 Å². The van der Waals surface area contributed by atoms with Gasteiger partial charge in [-0.1, -0.05) is 6.92 Å². The van der Waals surface area contributed by atoms with Crippen LogP contribution in [-0.4, -0.2) is 49.2 Å². The van der Waals surface area contributed by atoms with Gasteiger partial charge in [0.05, 0.1) is 6.20 Å². The van der Waals surface area contributed by atoms with E-state index in [-0.39, 0.29) is 15.9 Å². The van der Waals surface area contributed by atoms with Crippen LogP contribution in [0.2, 0.25) is 0 Å². The Hall–Kier alpha value is -1.13. The zero-order valence-corrected chi connectivity index (χ0v) is 12.0. The van der Waals surface area contributed by atoms with E-state index in [0.717, 1.165) is 13.5 Å². The van der Waals surface area contributed by atoms with Crippen LogP contribution >= 0.6 is 0 Å². The van der Waals surface area contributed by atoms with Gasteiger partial charge in [-0.2, -0.15) is 22.6 Å². The molecule has 0 saturated heterocycles. The molecule has 0 aliphatic rings. The molecular weight excluding hydrogens is 297 g/mol. The first kappa shape index (κ1) is 16.9. The van der Waals surface area contributed by atoms with E-state index in [1.807, 2.05) is 6.92 Å². The number of nitrogens with zero attached hydrogens (tertiary/aromatic N) is 2. The van der Waals surface area contributed by atoms with Crippen molar-refractivity contribution in [3.63, 3.8) is 0 Å². The standard InChI is InChI=1S/C10H17F3N4O2S/c1-3-4-14-5-8-6-15-16-9(8)20(18,19)17(2)7-10(11,12)13/h6,14H,3-5,7H2,1-2H3,(H,15,16). The molecule has 0 atom stereocenters. The largest absolute Gasteiger partial charge is 0.402 e. The fourth-order valence-electron chi connectivity index (χ4n) is 1.54. The van der Waals surface area contributed by atoms with Crippen molar-refractivity contribution in [3.05, 3.63) is 11.8 Å². The van der Waals surface area contributed by atoms with E-state index < -0.39 is 22.7 Å². The van der Waals surface area contributed by atoms with Crippen molar-refractivity contribution in [2.24, 2.45) is 0 Å². The van der Waals surface area contributed by atoms with Crippen LogP contribution in [0.1, 0.15) is 18.9 Å². The third-order valence-electron chi connectivity index (χ3n) is 2.49. The van der Waals surface area contributed by atoms with Crippen LogP contribution in [0.25, 0.3) is 0 Å². The van der Waals surface area contributed by atoms with Gasteiger partial charge in [-0.3, -0.25) is 5.10 Å². The van der Waals surface area contributed by atoms with E-state index in [4.69, 9.17) is 0 Å². The average Bonchev–Trinajstić information content (AvgIpc) is 2.76. The van der Waals surface area contributed by atoms with Crippen LogP contribution in [0, 0.1) is 0 Å². The maximum absolute atomic E-state index is 12.3. The molecule has 6 nitrogen and oxygen atoms in total. The number of aromatic nitrogens is 2. The smallest absolute Gasteiger partial charge is 0.313 e. The fraction of sp³-hybridized carbons (Fsp3) is 0.700. The van der Waals surface area contributed by atoms with Crippen LogP contribution < -0.4 is 5.32 Å². The number of hydrogen-bond donors (Lipinski definition) is 2. The molecule has 0 saturated carbocycles. The quantitative estimate of drug-likeness (QED) is 0.739. The summed E-state index contributed by atoms with van der Waals surface area (Å²) in [6.45, 7) is 1.29. The Balaban J connectivity index is 2.90. The summed E-state index contributed by atoms with van der Waals surface area (Å²) in [7, 11) is -3.36. The predicted octanol–water partition coefficient (Wildman–Crippen LogP) is 1.09. The highest BCUT2D eigenvalue weighted by atomic mass is 32.2. The van der Waals surface area contributed by atoms with Gasteiger partial charge >= 0.3 is 6.18 Å². The average molecular weight is 314 g/mol. The number of sulfonamides is 1. The van der Waals surface area contributed by atoms with Gasteiger partial charge in [0.25, 0.3) is 10.0 Å². The van der Waals surface area contributed by atoms with Gasteiger partial charge in [-0.15, -0.1) is 0 Å². The van der Waals surface area contributed by atoms with Crippen molar-refractivity contribution >= 4 is 10.0 Å². The van der Waals surface area contributed by atoms with Crippen molar-refractivity contribution in [2.75, 3.05) is 20.1 Å². The molecule has 0 aliphatic heterocycles. The fourth-order valence-corrected chi connectivity index (χ4v) is 2.79. The molecule has 0 aromatic carbocycles. The number of nitrogens with one attached hydrogen (secondary N) is 2. The van der Waals surface area contributed by atoms with Gasteiger partial charge in [0.1, 0.15) is 6.54 Å². The number of aromatic amines is 1. The molecule has 1 heterocycles. The molecule has 0 fully saturated rings. The summed E-state index contributed by atoms with van der Waals surface area (Å²) < 4.78 is 61.2. The molecule has 1 aromatic rings. The Morgan fingerprint density at radius 3 is 2.65 bits per heavy atom. The highest BCUT2D eigenvalue weighted by molar-refractivity contribution is 7.89. The number of hydrogen-bond acceptors (Lipinski definition) is 4. The summed E-state index contributed by atoms with van der Waals surface area (Å²) >= 11 is 0. The van der Waals surface area contributed by atoms with Gasteiger partial charge in [-0.05, 0) is 13.0 Å². The molecule has 116 valence electrons. The number of alkyl halides is 3. The minimum absolute atomic E-state index is 0.221. The SMILES string of the molecule is CCCNCc1cn[nH]c1S(=O)(=O)N(C)CC(F)(F)F. The predicted molar refractivity (Wildman–Crippen MR) is 66.5 cm³/mol. The minimum atomic E-state index is -4.59. The molecule has 0 unspecified atom stereocenters. The normalized spacial score (nSPS) is 13.1. The third kappa shape index (κ3) is 4.46. The van der Waals surface area contributed by atoms with Crippen molar-refractivity contribution in [1.29, 1.82) is 0 Å².